The second kappa shape index (κ2) is 9.42. The molecule has 1 atom stereocenters. The zero-order chi connectivity index (χ0) is 23.3. The van der Waals surface area contributed by atoms with Gasteiger partial charge in [-0.3, -0.25) is 14.5 Å². The maximum Gasteiger partial charge on any atom is 0.330 e. The number of hydrogen-bond donors (Lipinski definition) is 2. The minimum absolute atomic E-state index is 0.286. The Morgan fingerprint density at radius 1 is 1.12 bits per heavy atom. The van der Waals surface area contributed by atoms with E-state index < -0.39 is 41.7 Å². The van der Waals surface area contributed by atoms with E-state index in [9.17, 15) is 23.6 Å². The first-order chi connectivity index (χ1) is 15.2. The van der Waals surface area contributed by atoms with Crippen LogP contribution in [0.5, 0.6) is 0 Å². The average Bonchev–Trinajstić information content (AvgIpc) is 2.97. The zero-order valence-electron chi connectivity index (χ0n) is 17.6. The van der Waals surface area contributed by atoms with Gasteiger partial charge in [-0.1, -0.05) is 24.3 Å². The van der Waals surface area contributed by atoms with E-state index in [0.717, 1.165) is 10.5 Å². The van der Waals surface area contributed by atoms with Crippen molar-refractivity contribution in [3.8, 4) is 0 Å². The van der Waals surface area contributed by atoms with Crippen molar-refractivity contribution in [1.82, 2.24) is 10.2 Å². The molecule has 0 radical (unpaired) electrons. The number of hydrogen-bond acceptors (Lipinski definition) is 5. The molecule has 166 valence electrons. The van der Waals surface area contributed by atoms with Crippen LogP contribution in [0.2, 0.25) is 0 Å². The molecule has 2 N–H and O–H groups in total. The Morgan fingerprint density at radius 3 is 2.41 bits per heavy atom. The zero-order valence-corrected chi connectivity index (χ0v) is 17.6. The molecule has 2 aromatic carbocycles. The number of benzene rings is 2. The topological polar surface area (TPSA) is 105 Å². The minimum Gasteiger partial charge on any atom is -0.463 e. The van der Waals surface area contributed by atoms with E-state index in [1.54, 1.807) is 37.3 Å². The molecule has 1 aliphatic rings. The third-order valence-corrected chi connectivity index (χ3v) is 4.89. The number of carbonyl (C=O) groups is 4. The van der Waals surface area contributed by atoms with Crippen LogP contribution in [-0.2, 0) is 24.7 Å². The first-order valence-corrected chi connectivity index (χ1v) is 9.88. The molecule has 0 bridgehead atoms. The van der Waals surface area contributed by atoms with E-state index in [2.05, 4.69) is 10.6 Å². The largest absolute Gasteiger partial charge is 0.463 e. The highest BCUT2D eigenvalue weighted by molar-refractivity contribution is 6.10. The Labute approximate surface area is 184 Å². The van der Waals surface area contributed by atoms with Crippen LogP contribution in [0.1, 0.15) is 25.0 Å². The van der Waals surface area contributed by atoms with Gasteiger partial charge in [-0.25, -0.2) is 14.0 Å². The van der Waals surface area contributed by atoms with Crippen LogP contribution < -0.4 is 10.6 Å². The number of anilines is 1. The fourth-order valence-electron chi connectivity index (χ4n) is 3.20. The van der Waals surface area contributed by atoms with Crippen molar-refractivity contribution < 1.29 is 28.3 Å². The first kappa shape index (κ1) is 22.7. The van der Waals surface area contributed by atoms with Crippen molar-refractivity contribution in [3.05, 3.63) is 71.6 Å². The summed E-state index contributed by atoms with van der Waals surface area (Å²) in [4.78, 5) is 49.8. The van der Waals surface area contributed by atoms with E-state index in [1.807, 2.05) is 0 Å². The molecule has 1 unspecified atom stereocenters. The second-order valence-electron chi connectivity index (χ2n) is 7.21. The predicted molar refractivity (Wildman–Crippen MR) is 115 cm³/mol. The van der Waals surface area contributed by atoms with E-state index in [1.165, 1.54) is 37.3 Å². The smallest absolute Gasteiger partial charge is 0.330 e. The van der Waals surface area contributed by atoms with E-state index in [0.29, 0.717) is 11.3 Å². The number of halogens is 1. The highest BCUT2D eigenvalue weighted by Crippen LogP contribution is 2.28. The molecular weight excluding hydrogens is 417 g/mol. The molecule has 4 amide bonds. The number of urea groups is 1. The van der Waals surface area contributed by atoms with Crippen LogP contribution in [-0.4, -0.2) is 41.9 Å². The number of esters is 1. The van der Waals surface area contributed by atoms with Gasteiger partial charge < -0.3 is 15.4 Å². The normalized spacial score (nSPS) is 18.0. The molecule has 1 saturated heterocycles. The quantitative estimate of drug-likeness (QED) is 0.392. The molecule has 8 nitrogen and oxygen atoms in total. The van der Waals surface area contributed by atoms with Crippen LogP contribution in [0, 0.1) is 5.82 Å². The van der Waals surface area contributed by atoms with Gasteiger partial charge in [0.15, 0.2) is 0 Å². The Balaban J connectivity index is 1.62. The molecule has 3 rings (SSSR count). The van der Waals surface area contributed by atoms with Crippen LogP contribution in [0.3, 0.4) is 0 Å². The summed E-state index contributed by atoms with van der Waals surface area (Å²) >= 11 is 0. The minimum atomic E-state index is -1.39. The number of carbonyl (C=O) groups excluding carboxylic acids is 4. The van der Waals surface area contributed by atoms with Crippen LogP contribution in [0.4, 0.5) is 14.9 Å². The van der Waals surface area contributed by atoms with Crippen LogP contribution >= 0.6 is 0 Å². The van der Waals surface area contributed by atoms with Gasteiger partial charge in [-0.2, -0.15) is 0 Å². The molecule has 2 aromatic rings. The van der Waals surface area contributed by atoms with Gasteiger partial charge >= 0.3 is 12.0 Å². The maximum atomic E-state index is 13.2. The summed E-state index contributed by atoms with van der Waals surface area (Å²) in [5, 5.41) is 5.18. The molecule has 0 aromatic heterocycles. The fraction of sp³-hybridized carbons (Fsp3) is 0.217. The summed E-state index contributed by atoms with van der Waals surface area (Å²) in [6.07, 6.45) is 2.87. The lowest BCUT2D eigenvalue weighted by Gasteiger charge is -2.22. The number of nitrogens with one attached hydrogen (secondary N) is 2. The van der Waals surface area contributed by atoms with Crippen molar-refractivity contribution in [2.24, 2.45) is 0 Å². The van der Waals surface area contributed by atoms with Crippen molar-refractivity contribution in [2.45, 2.75) is 19.4 Å². The Hall–Kier alpha value is -4.01. The molecule has 1 aliphatic heterocycles. The highest BCUT2D eigenvalue weighted by atomic mass is 19.1. The van der Waals surface area contributed by atoms with Crippen LogP contribution in [0.15, 0.2) is 54.6 Å². The average molecular weight is 439 g/mol. The number of amides is 4. The predicted octanol–water partition coefficient (Wildman–Crippen LogP) is 2.81. The lowest BCUT2D eigenvalue weighted by Crippen LogP contribution is -2.42. The SMILES string of the molecule is CCOC(=O)/C=C/c1ccc(NC(=O)CN2C(=O)NC(C)(c3ccc(F)cc3)C2=O)cc1. The Bertz CT molecular complexity index is 1070. The summed E-state index contributed by atoms with van der Waals surface area (Å²) in [7, 11) is 0. The standard InChI is InChI=1S/C23H22FN3O5/c1-3-32-20(29)13-6-15-4-11-18(12-5-15)25-19(28)14-27-21(30)23(2,26-22(27)31)16-7-9-17(24)10-8-16/h4-13H,3,14H2,1-2H3,(H,25,28)(H,26,31)/b13-6+. The van der Waals surface area contributed by atoms with Crippen molar-refractivity contribution in [2.75, 3.05) is 18.5 Å². The van der Waals surface area contributed by atoms with Gasteiger partial charge in [0.2, 0.25) is 5.91 Å². The van der Waals surface area contributed by atoms with Gasteiger partial charge in [0.05, 0.1) is 6.61 Å². The first-order valence-electron chi connectivity index (χ1n) is 9.88. The molecule has 32 heavy (non-hydrogen) atoms. The molecule has 1 heterocycles. The summed E-state index contributed by atoms with van der Waals surface area (Å²) in [5.74, 6) is -2.09. The third kappa shape index (κ3) is 5.00. The van der Waals surface area contributed by atoms with Crippen molar-refractivity contribution >= 4 is 35.6 Å². The number of rotatable bonds is 7. The lowest BCUT2D eigenvalue weighted by molar-refractivity contribution is -0.137. The summed E-state index contributed by atoms with van der Waals surface area (Å²) in [6, 6.07) is 11.1. The van der Waals surface area contributed by atoms with Crippen molar-refractivity contribution in [3.63, 3.8) is 0 Å². The highest BCUT2D eigenvalue weighted by Gasteiger charge is 2.49. The number of imide groups is 1. The lowest BCUT2D eigenvalue weighted by atomic mass is 9.92. The van der Waals surface area contributed by atoms with E-state index in [-0.39, 0.29) is 6.61 Å². The van der Waals surface area contributed by atoms with Gasteiger partial charge in [0.1, 0.15) is 17.9 Å². The molecule has 0 aliphatic carbocycles. The molecular formula is C23H22FN3O5. The monoisotopic (exact) mass is 439 g/mol. The Morgan fingerprint density at radius 2 is 1.78 bits per heavy atom. The van der Waals surface area contributed by atoms with Gasteiger partial charge in [0.25, 0.3) is 5.91 Å². The van der Waals surface area contributed by atoms with E-state index in [4.69, 9.17) is 4.74 Å². The summed E-state index contributed by atoms with van der Waals surface area (Å²) in [5.41, 5.74) is 0.196. The van der Waals surface area contributed by atoms with E-state index >= 15 is 0 Å². The fourth-order valence-corrected chi connectivity index (χ4v) is 3.20. The molecule has 9 heteroatoms. The van der Waals surface area contributed by atoms with Crippen LogP contribution in [0.25, 0.3) is 6.08 Å². The third-order valence-electron chi connectivity index (χ3n) is 4.89. The van der Waals surface area contributed by atoms with Crippen molar-refractivity contribution in [1.29, 1.82) is 0 Å². The number of nitrogens with zero attached hydrogens (tertiary/aromatic N) is 1. The summed E-state index contributed by atoms with van der Waals surface area (Å²) < 4.78 is 18.0. The maximum absolute atomic E-state index is 13.2. The number of ether oxygens (including phenoxy) is 1. The molecule has 1 fully saturated rings. The van der Waals surface area contributed by atoms with Gasteiger partial charge in [-0.05, 0) is 55.3 Å². The Kier molecular flexibility index (Phi) is 6.67. The molecule has 0 spiro atoms. The second-order valence-corrected chi connectivity index (χ2v) is 7.21. The molecule has 0 saturated carbocycles. The van der Waals surface area contributed by atoms with Gasteiger partial charge in [-0.15, -0.1) is 0 Å². The van der Waals surface area contributed by atoms with Gasteiger partial charge in [0, 0.05) is 11.8 Å². The summed E-state index contributed by atoms with van der Waals surface area (Å²) in [6.45, 7) is 3.02.